The number of carbonyl (C=O) groups is 2. The van der Waals surface area contributed by atoms with Crippen molar-refractivity contribution < 1.29 is 9.59 Å². The average molecular weight is 296 g/mol. The summed E-state index contributed by atoms with van der Waals surface area (Å²) in [7, 11) is 0. The number of hydrogen-bond acceptors (Lipinski definition) is 2. The summed E-state index contributed by atoms with van der Waals surface area (Å²) in [5.74, 6) is 0.484. The number of hydrogen-bond donors (Lipinski definition) is 1. The van der Waals surface area contributed by atoms with Crippen LogP contribution in [0.25, 0.3) is 0 Å². The van der Waals surface area contributed by atoms with Crippen molar-refractivity contribution in [2.24, 2.45) is 11.3 Å². The Labute approximate surface area is 129 Å². The Morgan fingerprint density at radius 1 is 1.19 bits per heavy atom. The lowest BCUT2D eigenvalue weighted by atomic mass is 9.78. The van der Waals surface area contributed by atoms with Gasteiger partial charge in [0.25, 0.3) is 0 Å². The maximum absolute atomic E-state index is 13.1. The second-order valence-electron chi connectivity index (χ2n) is 7.52. The third-order valence-electron chi connectivity index (χ3n) is 4.83. The molecular weight excluding hydrogens is 264 g/mol. The molecule has 0 aromatic rings. The Kier molecular flexibility index (Phi) is 5.46. The van der Waals surface area contributed by atoms with E-state index in [1.165, 1.54) is 0 Å². The van der Waals surface area contributed by atoms with Gasteiger partial charge in [0.1, 0.15) is 11.6 Å². The lowest BCUT2D eigenvalue weighted by Gasteiger charge is -2.50. The van der Waals surface area contributed by atoms with Crippen LogP contribution in [0.1, 0.15) is 67.7 Å². The van der Waals surface area contributed by atoms with Crippen molar-refractivity contribution in [2.45, 2.75) is 79.3 Å². The van der Waals surface area contributed by atoms with Gasteiger partial charge in [0.2, 0.25) is 11.8 Å². The van der Waals surface area contributed by atoms with Gasteiger partial charge in [0.15, 0.2) is 0 Å². The molecule has 0 saturated carbocycles. The Bertz CT molecular complexity index is 394. The molecule has 0 aliphatic carbocycles. The van der Waals surface area contributed by atoms with Gasteiger partial charge in [-0.1, -0.05) is 54.9 Å². The first-order valence-corrected chi connectivity index (χ1v) is 8.26. The van der Waals surface area contributed by atoms with Crippen molar-refractivity contribution in [1.29, 1.82) is 0 Å². The molecule has 2 atom stereocenters. The minimum Gasteiger partial charge on any atom is -0.340 e. The number of nitrogens with zero attached hydrogens (tertiary/aromatic N) is 1. The van der Waals surface area contributed by atoms with Gasteiger partial charge in [-0.05, 0) is 24.2 Å². The Balaban J connectivity index is 3.23. The van der Waals surface area contributed by atoms with Crippen molar-refractivity contribution in [2.75, 3.05) is 6.54 Å². The predicted molar refractivity (Wildman–Crippen MR) is 85.9 cm³/mol. The summed E-state index contributed by atoms with van der Waals surface area (Å²) in [6.07, 6.45) is 2.29. The Morgan fingerprint density at radius 3 is 2.10 bits per heavy atom. The standard InChI is InChI=1S/C17H32N2O2/c1-8-12(4)11-19-13(16(5,6)7)14(20)18-17(9-2,10-3)15(19)21/h12-13H,8-11H2,1-7H3,(H,18,20). The summed E-state index contributed by atoms with van der Waals surface area (Å²) in [5.41, 5.74) is -0.979. The van der Waals surface area contributed by atoms with Crippen LogP contribution < -0.4 is 5.32 Å². The first-order valence-electron chi connectivity index (χ1n) is 8.26. The molecule has 21 heavy (non-hydrogen) atoms. The Hall–Kier alpha value is -1.06. The van der Waals surface area contributed by atoms with Crippen molar-refractivity contribution in [3.05, 3.63) is 0 Å². The number of piperazine rings is 1. The molecule has 0 aromatic heterocycles. The third-order valence-corrected chi connectivity index (χ3v) is 4.83. The van der Waals surface area contributed by atoms with Crippen molar-refractivity contribution in [3.63, 3.8) is 0 Å². The molecule has 122 valence electrons. The monoisotopic (exact) mass is 296 g/mol. The van der Waals surface area contributed by atoms with E-state index in [0.717, 1.165) is 6.42 Å². The van der Waals surface area contributed by atoms with Crippen LogP contribution in [0.5, 0.6) is 0 Å². The quantitative estimate of drug-likeness (QED) is 0.848. The SMILES string of the molecule is CCC(C)CN1C(=O)C(CC)(CC)NC(=O)C1C(C)(C)C. The molecule has 1 aliphatic rings. The van der Waals surface area contributed by atoms with E-state index < -0.39 is 5.54 Å². The molecule has 1 aliphatic heterocycles. The van der Waals surface area contributed by atoms with Crippen molar-refractivity contribution >= 4 is 11.8 Å². The highest BCUT2D eigenvalue weighted by Crippen LogP contribution is 2.33. The van der Waals surface area contributed by atoms with E-state index >= 15 is 0 Å². The molecule has 1 rings (SSSR count). The topological polar surface area (TPSA) is 49.4 Å². The maximum Gasteiger partial charge on any atom is 0.249 e. The van der Waals surface area contributed by atoms with E-state index in [-0.39, 0.29) is 23.3 Å². The molecule has 0 aromatic carbocycles. The maximum atomic E-state index is 13.1. The number of amides is 2. The lowest BCUT2D eigenvalue weighted by molar-refractivity contribution is -0.160. The summed E-state index contributed by atoms with van der Waals surface area (Å²) in [6.45, 7) is 14.9. The highest BCUT2D eigenvalue weighted by molar-refractivity contribution is 6.00. The van der Waals surface area contributed by atoms with E-state index in [2.05, 4.69) is 19.2 Å². The molecule has 1 N–H and O–H groups in total. The van der Waals surface area contributed by atoms with Gasteiger partial charge in [0, 0.05) is 6.54 Å². The zero-order valence-electron chi connectivity index (χ0n) is 14.7. The highest BCUT2D eigenvalue weighted by Gasteiger charge is 2.52. The second-order valence-corrected chi connectivity index (χ2v) is 7.52. The molecule has 4 nitrogen and oxygen atoms in total. The van der Waals surface area contributed by atoms with E-state index in [0.29, 0.717) is 25.3 Å². The number of rotatable bonds is 5. The fourth-order valence-electron chi connectivity index (χ4n) is 3.13. The van der Waals surface area contributed by atoms with E-state index in [1.807, 2.05) is 39.5 Å². The Morgan fingerprint density at radius 2 is 1.71 bits per heavy atom. The molecule has 0 spiro atoms. The summed E-state index contributed by atoms with van der Waals surface area (Å²) in [4.78, 5) is 27.6. The smallest absolute Gasteiger partial charge is 0.249 e. The molecule has 4 heteroatoms. The second kappa shape index (κ2) is 6.37. The number of carbonyl (C=O) groups excluding carboxylic acids is 2. The van der Waals surface area contributed by atoms with Gasteiger partial charge in [-0.25, -0.2) is 0 Å². The minimum atomic E-state index is -0.716. The third kappa shape index (κ3) is 3.41. The predicted octanol–water partition coefficient (Wildman–Crippen LogP) is 2.96. The minimum absolute atomic E-state index is 0.00546. The van der Waals surface area contributed by atoms with Crippen LogP contribution in [0, 0.1) is 11.3 Å². The molecule has 0 radical (unpaired) electrons. The van der Waals surface area contributed by atoms with Gasteiger partial charge in [-0.2, -0.15) is 0 Å². The molecule has 1 saturated heterocycles. The van der Waals surface area contributed by atoms with Crippen LogP contribution >= 0.6 is 0 Å². The van der Waals surface area contributed by atoms with Crippen LogP contribution in [-0.2, 0) is 9.59 Å². The lowest BCUT2D eigenvalue weighted by Crippen LogP contribution is -2.72. The molecule has 2 unspecified atom stereocenters. The molecule has 0 bridgehead atoms. The highest BCUT2D eigenvalue weighted by atomic mass is 16.2. The van der Waals surface area contributed by atoms with Crippen LogP contribution in [0.4, 0.5) is 0 Å². The van der Waals surface area contributed by atoms with Gasteiger partial charge in [0.05, 0.1) is 0 Å². The van der Waals surface area contributed by atoms with Crippen molar-refractivity contribution in [1.82, 2.24) is 10.2 Å². The number of nitrogens with one attached hydrogen (secondary N) is 1. The van der Waals surface area contributed by atoms with Gasteiger partial charge >= 0.3 is 0 Å². The fourth-order valence-corrected chi connectivity index (χ4v) is 3.13. The normalized spacial score (nSPS) is 24.0. The molecule has 2 amide bonds. The van der Waals surface area contributed by atoms with Crippen LogP contribution in [-0.4, -0.2) is 34.8 Å². The summed E-state index contributed by atoms with van der Waals surface area (Å²) >= 11 is 0. The van der Waals surface area contributed by atoms with E-state index in [4.69, 9.17) is 0 Å². The van der Waals surface area contributed by atoms with Gasteiger partial charge in [-0.3, -0.25) is 9.59 Å². The average Bonchev–Trinajstić information content (AvgIpc) is 2.40. The van der Waals surface area contributed by atoms with Crippen LogP contribution in [0.3, 0.4) is 0 Å². The summed E-state index contributed by atoms with van der Waals surface area (Å²) < 4.78 is 0. The fraction of sp³-hybridized carbons (Fsp3) is 0.882. The van der Waals surface area contributed by atoms with Crippen LogP contribution in [0.2, 0.25) is 0 Å². The van der Waals surface area contributed by atoms with Gasteiger partial charge < -0.3 is 10.2 Å². The molecular formula is C17H32N2O2. The zero-order chi connectivity index (χ0) is 16.4. The van der Waals surface area contributed by atoms with E-state index in [9.17, 15) is 9.59 Å². The first kappa shape index (κ1) is 18.0. The van der Waals surface area contributed by atoms with Gasteiger partial charge in [-0.15, -0.1) is 0 Å². The summed E-state index contributed by atoms with van der Waals surface area (Å²) in [5, 5.41) is 3.03. The first-order chi connectivity index (χ1) is 9.62. The van der Waals surface area contributed by atoms with Crippen LogP contribution in [0.15, 0.2) is 0 Å². The molecule has 1 heterocycles. The largest absolute Gasteiger partial charge is 0.340 e. The zero-order valence-corrected chi connectivity index (χ0v) is 14.7. The van der Waals surface area contributed by atoms with E-state index in [1.54, 1.807) is 0 Å². The van der Waals surface area contributed by atoms with Crippen molar-refractivity contribution in [3.8, 4) is 0 Å². The molecule has 1 fully saturated rings. The summed E-state index contributed by atoms with van der Waals surface area (Å²) in [6, 6.07) is -0.384.